The zero-order valence-electron chi connectivity index (χ0n) is 23.5. The third-order valence-electron chi connectivity index (χ3n) is 9.22. The zero-order chi connectivity index (χ0) is 26.6. The fourth-order valence-corrected chi connectivity index (χ4v) is 7.29. The normalized spacial score (nSPS) is 37.5. The number of hydrogen-bond acceptors (Lipinski definition) is 6. The van der Waals surface area contributed by atoms with E-state index in [0.29, 0.717) is 31.0 Å². The molecule has 9 atom stereocenters. The minimum Gasteiger partial charge on any atom is -0.394 e. The van der Waals surface area contributed by atoms with Crippen LogP contribution in [0.5, 0.6) is 0 Å². The SMILES string of the molecule is C[C@H](O)[C@@H]1[C@H](CO)ON(CC2CCCCC2C#CC(C)(C)C)[C@@H]1C(=O)NCCC1CNC2CCCCC12. The van der Waals surface area contributed by atoms with Crippen LogP contribution in [-0.2, 0) is 9.63 Å². The number of amides is 1. The summed E-state index contributed by atoms with van der Waals surface area (Å²) in [6, 6.07) is 0.0439. The molecule has 0 aromatic heterocycles. The van der Waals surface area contributed by atoms with Crippen molar-refractivity contribution in [3.63, 3.8) is 0 Å². The molecule has 37 heavy (non-hydrogen) atoms. The number of carbonyl (C=O) groups is 1. The number of aliphatic hydroxyl groups excluding tert-OH is 2. The van der Waals surface area contributed by atoms with Gasteiger partial charge in [-0.1, -0.05) is 37.5 Å². The quantitative estimate of drug-likeness (QED) is 0.370. The molecule has 4 rings (SSSR count). The van der Waals surface area contributed by atoms with Crippen molar-refractivity contribution in [2.75, 3.05) is 26.2 Å². The standard InChI is InChI=1S/C30H51N3O4/c1-20(35)27-26(19-34)37-33(18-23-10-6-5-9-21(23)13-15-30(2,3)4)28(27)29(36)31-16-14-22-17-32-25-12-8-7-11-24(22)25/h20-28,32,34-35H,5-12,14,16-19H2,1-4H3,(H,31,36)/t20-,21?,22?,23?,24?,25?,26-,27+,28-/m0/s1. The number of hydroxylamine groups is 2. The van der Waals surface area contributed by atoms with Crippen molar-refractivity contribution in [2.24, 2.45) is 35.0 Å². The van der Waals surface area contributed by atoms with Crippen molar-refractivity contribution in [3.8, 4) is 11.8 Å². The Morgan fingerprint density at radius 2 is 1.86 bits per heavy atom. The molecule has 2 aliphatic carbocycles. The number of carbonyl (C=O) groups excluding carboxylic acids is 1. The lowest BCUT2D eigenvalue weighted by Crippen LogP contribution is -2.51. The van der Waals surface area contributed by atoms with Gasteiger partial charge >= 0.3 is 0 Å². The topological polar surface area (TPSA) is 94.1 Å². The molecule has 7 nitrogen and oxygen atoms in total. The number of aliphatic hydroxyl groups is 2. The first-order valence-corrected chi connectivity index (χ1v) is 14.9. The van der Waals surface area contributed by atoms with Crippen LogP contribution in [-0.4, -0.2) is 71.7 Å². The Kier molecular flexibility index (Phi) is 9.96. The molecule has 5 unspecified atom stereocenters. The molecule has 2 saturated heterocycles. The first-order chi connectivity index (χ1) is 17.7. The van der Waals surface area contributed by atoms with Gasteiger partial charge < -0.3 is 20.8 Å². The third-order valence-corrected chi connectivity index (χ3v) is 9.22. The molecule has 1 amide bonds. The van der Waals surface area contributed by atoms with Crippen molar-refractivity contribution in [3.05, 3.63) is 0 Å². The summed E-state index contributed by atoms with van der Waals surface area (Å²) < 4.78 is 0. The van der Waals surface area contributed by atoms with Gasteiger partial charge in [-0.05, 0) is 84.1 Å². The van der Waals surface area contributed by atoms with E-state index in [1.807, 2.05) is 0 Å². The first kappa shape index (κ1) is 28.8. The van der Waals surface area contributed by atoms with Gasteiger partial charge in [0, 0.05) is 36.4 Å². The molecular weight excluding hydrogens is 466 g/mol. The summed E-state index contributed by atoms with van der Waals surface area (Å²) in [5.41, 5.74) is -0.0412. The summed E-state index contributed by atoms with van der Waals surface area (Å²) in [5.74, 6) is 8.33. The number of hydrogen-bond donors (Lipinski definition) is 4. The van der Waals surface area contributed by atoms with E-state index in [1.54, 1.807) is 12.0 Å². The lowest BCUT2D eigenvalue weighted by atomic mass is 9.78. The lowest BCUT2D eigenvalue weighted by molar-refractivity contribution is -0.184. The Hall–Kier alpha value is -1.17. The van der Waals surface area contributed by atoms with E-state index in [2.05, 4.69) is 43.2 Å². The van der Waals surface area contributed by atoms with Gasteiger partial charge in [0.05, 0.1) is 12.7 Å². The van der Waals surface area contributed by atoms with E-state index in [9.17, 15) is 15.0 Å². The predicted molar refractivity (Wildman–Crippen MR) is 145 cm³/mol. The third kappa shape index (κ3) is 7.28. The second kappa shape index (κ2) is 12.8. The second-order valence-corrected chi connectivity index (χ2v) is 13.2. The Morgan fingerprint density at radius 3 is 2.59 bits per heavy atom. The molecule has 4 aliphatic rings. The average molecular weight is 518 g/mol. The molecule has 0 aromatic rings. The van der Waals surface area contributed by atoms with Crippen molar-refractivity contribution in [1.29, 1.82) is 0 Å². The zero-order valence-corrected chi connectivity index (χ0v) is 23.5. The molecule has 2 heterocycles. The van der Waals surface area contributed by atoms with Gasteiger partial charge in [0.25, 0.3) is 0 Å². The van der Waals surface area contributed by atoms with Gasteiger partial charge in [0.1, 0.15) is 12.1 Å². The van der Waals surface area contributed by atoms with E-state index >= 15 is 0 Å². The molecule has 0 radical (unpaired) electrons. The van der Waals surface area contributed by atoms with Gasteiger partial charge in [-0.2, -0.15) is 5.06 Å². The minimum atomic E-state index is -0.761. The van der Waals surface area contributed by atoms with Gasteiger partial charge in [0.15, 0.2) is 0 Å². The molecule has 0 bridgehead atoms. The number of fused-ring (bicyclic) bond motifs is 1. The Morgan fingerprint density at radius 1 is 1.14 bits per heavy atom. The van der Waals surface area contributed by atoms with Crippen molar-refractivity contribution in [1.82, 2.24) is 15.7 Å². The lowest BCUT2D eigenvalue weighted by Gasteiger charge is -2.34. The fourth-order valence-electron chi connectivity index (χ4n) is 7.29. The van der Waals surface area contributed by atoms with Crippen LogP contribution in [0.15, 0.2) is 0 Å². The number of nitrogens with zero attached hydrogens (tertiary/aromatic N) is 1. The van der Waals surface area contributed by atoms with E-state index in [0.717, 1.165) is 38.1 Å². The van der Waals surface area contributed by atoms with Crippen LogP contribution in [0, 0.1) is 46.8 Å². The molecule has 2 aliphatic heterocycles. The first-order valence-electron chi connectivity index (χ1n) is 14.9. The van der Waals surface area contributed by atoms with Crippen LogP contribution in [0.25, 0.3) is 0 Å². The largest absolute Gasteiger partial charge is 0.394 e. The Labute approximate surface area is 224 Å². The van der Waals surface area contributed by atoms with Crippen LogP contribution < -0.4 is 10.6 Å². The van der Waals surface area contributed by atoms with Crippen LogP contribution in [0.3, 0.4) is 0 Å². The maximum absolute atomic E-state index is 13.6. The van der Waals surface area contributed by atoms with Gasteiger partial charge in [-0.15, -0.1) is 0 Å². The van der Waals surface area contributed by atoms with Crippen molar-refractivity contribution >= 4 is 5.91 Å². The number of nitrogens with one attached hydrogen (secondary N) is 2. The highest BCUT2D eigenvalue weighted by Crippen LogP contribution is 2.37. The highest BCUT2D eigenvalue weighted by molar-refractivity contribution is 5.82. The van der Waals surface area contributed by atoms with Crippen LogP contribution in [0.1, 0.15) is 85.5 Å². The van der Waals surface area contributed by atoms with Crippen LogP contribution in [0.2, 0.25) is 0 Å². The number of rotatable bonds is 8. The molecule has 210 valence electrons. The molecule has 2 saturated carbocycles. The summed E-state index contributed by atoms with van der Waals surface area (Å²) in [5, 5.41) is 29.3. The fraction of sp³-hybridized carbons (Fsp3) is 0.900. The van der Waals surface area contributed by atoms with E-state index in [1.165, 1.54) is 32.1 Å². The predicted octanol–water partition coefficient (Wildman–Crippen LogP) is 3.10. The minimum absolute atomic E-state index is 0.0412. The van der Waals surface area contributed by atoms with Gasteiger partial charge in [-0.25, -0.2) is 0 Å². The molecule has 0 spiro atoms. The molecule has 7 heteroatoms. The highest BCUT2D eigenvalue weighted by atomic mass is 16.7. The summed E-state index contributed by atoms with van der Waals surface area (Å²) in [6.45, 7) is 10.2. The average Bonchev–Trinajstić information content (AvgIpc) is 3.44. The van der Waals surface area contributed by atoms with Crippen molar-refractivity contribution in [2.45, 2.75) is 110 Å². The van der Waals surface area contributed by atoms with Crippen LogP contribution >= 0.6 is 0 Å². The van der Waals surface area contributed by atoms with Crippen molar-refractivity contribution < 1.29 is 19.8 Å². The smallest absolute Gasteiger partial charge is 0.240 e. The maximum Gasteiger partial charge on any atom is 0.240 e. The highest BCUT2D eigenvalue weighted by Gasteiger charge is 2.50. The Bertz CT molecular complexity index is 816. The molecule has 4 fully saturated rings. The molecule has 0 aromatic carbocycles. The van der Waals surface area contributed by atoms with Gasteiger partial charge in [0.2, 0.25) is 5.91 Å². The van der Waals surface area contributed by atoms with Gasteiger partial charge in [-0.3, -0.25) is 9.63 Å². The Balaban J connectivity index is 1.41. The summed E-state index contributed by atoms with van der Waals surface area (Å²) in [4.78, 5) is 19.8. The summed E-state index contributed by atoms with van der Waals surface area (Å²) in [7, 11) is 0. The molecule has 4 N–H and O–H groups in total. The summed E-state index contributed by atoms with van der Waals surface area (Å²) in [6.07, 6.45) is 9.31. The monoisotopic (exact) mass is 517 g/mol. The van der Waals surface area contributed by atoms with Crippen LogP contribution in [0.4, 0.5) is 0 Å². The summed E-state index contributed by atoms with van der Waals surface area (Å²) >= 11 is 0. The maximum atomic E-state index is 13.6. The van der Waals surface area contributed by atoms with E-state index < -0.39 is 24.2 Å². The second-order valence-electron chi connectivity index (χ2n) is 13.2. The van der Waals surface area contributed by atoms with E-state index in [-0.39, 0.29) is 23.8 Å². The van der Waals surface area contributed by atoms with E-state index in [4.69, 9.17) is 4.84 Å². The molecular formula is C30H51N3O4.